The minimum Gasteiger partial charge on any atom is -0.406 e. The summed E-state index contributed by atoms with van der Waals surface area (Å²) in [6.45, 7) is 0. The smallest absolute Gasteiger partial charge is 0.406 e. The number of benzene rings is 2. The first-order chi connectivity index (χ1) is 20.0. The average Bonchev–Trinajstić information content (AvgIpc) is 3.36. The summed E-state index contributed by atoms with van der Waals surface area (Å²) in [5.41, 5.74) is 13.9. The molecule has 14 heteroatoms. The summed E-state index contributed by atoms with van der Waals surface area (Å²) in [5.74, 6) is -1.15. The second kappa shape index (κ2) is 15.2. The molecule has 0 saturated heterocycles. The molecule has 10 nitrogen and oxygen atoms in total. The van der Waals surface area contributed by atoms with Gasteiger partial charge in [0.2, 0.25) is 16.9 Å². The van der Waals surface area contributed by atoms with Gasteiger partial charge >= 0.3 is 6.36 Å². The fourth-order valence-corrected chi connectivity index (χ4v) is 4.47. The largest absolute Gasteiger partial charge is 0.573 e. The third-order valence-electron chi connectivity index (χ3n) is 5.50. The van der Waals surface area contributed by atoms with Crippen LogP contribution in [0.15, 0.2) is 72.2 Å². The zero-order valence-corrected chi connectivity index (χ0v) is 23.1. The number of aryl methyl sites for hydroxylation is 1. The number of aromatic nitrogens is 2. The molecule has 0 bridgehead atoms. The van der Waals surface area contributed by atoms with Crippen LogP contribution in [0.3, 0.4) is 0 Å². The first-order valence-electron chi connectivity index (χ1n) is 12.7. The molecule has 0 atom stereocenters. The number of anilines is 1. The van der Waals surface area contributed by atoms with E-state index in [1.807, 2.05) is 6.07 Å². The van der Waals surface area contributed by atoms with Crippen molar-refractivity contribution in [2.45, 2.75) is 44.9 Å². The first kappa shape index (κ1) is 31.6. The molecule has 42 heavy (non-hydrogen) atoms. The Balaban J connectivity index is 1.36. The van der Waals surface area contributed by atoms with Crippen LogP contribution < -0.4 is 26.8 Å². The number of carbonyl (C=O) groups is 2. The number of unbranched alkanes of at least 4 members (excludes halogenated alkanes) is 1. The van der Waals surface area contributed by atoms with E-state index in [9.17, 15) is 22.8 Å². The highest BCUT2D eigenvalue weighted by molar-refractivity contribution is 7.15. The highest BCUT2D eigenvalue weighted by Gasteiger charge is 2.31. The van der Waals surface area contributed by atoms with E-state index in [1.165, 1.54) is 29.5 Å². The summed E-state index contributed by atoms with van der Waals surface area (Å²) in [6, 6.07) is 14.0. The molecular formula is C28H28F3N7O3S. The van der Waals surface area contributed by atoms with Crippen molar-refractivity contribution in [1.29, 1.82) is 5.26 Å². The van der Waals surface area contributed by atoms with Gasteiger partial charge in [-0.3, -0.25) is 9.59 Å². The number of nitriles is 1. The van der Waals surface area contributed by atoms with Crippen LogP contribution in [0.2, 0.25) is 0 Å². The van der Waals surface area contributed by atoms with E-state index < -0.39 is 18.0 Å². The topological polar surface area (TPSA) is 169 Å². The van der Waals surface area contributed by atoms with Crippen molar-refractivity contribution in [2.75, 3.05) is 5.32 Å². The first-order valence-corrected chi connectivity index (χ1v) is 13.5. The van der Waals surface area contributed by atoms with E-state index >= 15 is 0 Å². The van der Waals surface area contributed by atoms with Gasteiger partial charge in [0.05, 0.1) is 24.5 Å². The lowest BCUT2D eigenvalue weighted by Crippen LogP contribution is -2.28. The number of nitrogens with two attached hydrogens (primary N) is 2. The van der Waals surface area contributed by atoms with Crippen LogP contribution in [-0.4, -0.2) is 28.4 Å². The molecule has 3 aromatic rings. The Labute approximate surface area is 243 Å². The number of nitrogens with one attached hydrogen (secondary N) is 2. The molecule has 0 aliphatic carbocycles. The molecule has 1 heterocycles. The van der Waals surface area contributed by atoms with Gasteiger partial charge in [-0.05, 0) is 66.8 Å². The quantitative estimate of drug-likeness (QED) is 0.167. The van der Waals surface area contributed by atoms with E-state index in [1.54, 1.807) is 30.3 Å². The lowest BCUT2D eigenvalue weighted by Gasteiger charge is -2.10. The summed E-state index contributed by atoms with van der Waals surface area (Å²) in [6.07, 6.45) is 0.826. The number of alkyl halides is 3. The molecule has 6 N–H and O–H groups in total. The van der Waals surface area contributed by atoms with Crippen molar-refractivity contribution in [1.82, 2.24) is 15.5 Å². The van der Waals surface area contributed by atoms with Crippen LogP contribution in [0, 0.1) is 11.3 Å². The van der Waals surface area contributed by atoms with Gasteiger partial charge in [0.25, 0.3) is 0 Å². The van der Waals surface area contributed by atoms with Crippen LogP contribution in [0.1, 0.15) is 41.0 Å². The number of allylic oxidation sites excluding steroid dienone is 3. The van der Waals surface area contributed by atoms with Crippen LogP contribution in [0.25, 0.3) is 0 Å². The molecule has 0 saturated carbocycles. The fourth-order valence-electron chi connectivity index (χ4n) is 3.68. The third-order valence-corrected chi connectivity index (χ3v) is 6.40. The summed E-state index contributed by atoms with van der Waals surface area (Å²) < 4.78 is 41.0. The molecule has 3 rings (SSSR count). The fraction of sp³-hybridized carbons (Fsp3) is 0.250. The van der Waals surface area contributed by atoms with Crippen LogP contribution >= 0.6 is 11.3 Å². The van der Waals surface area contributed by atoms with Gasteiger partial charge in [0.1, 0.15) is 16.6 Å². The van der Waals surface area contributed by atoms with Gasteiger partial charge in [0.15, 0.2) is 0 Å². The zero-order valence-electron chi connectivity index (χ0n) is 22.3. The van der Waals surface area contributed by atoms with Crippen molar-refractivity contribution in [2.24, 2.45) is 11.5 Å². The second-order valence-corrected chi connectivity index (χ2v) is 10.1. The maximum Gasteiger partial charge on any atom is 0.573 e. The lowest BCUT2D eigenvalue weighted by molar-refractivity contribution is -0.274. The monoisotopic (exact) mass is 599 g/mol. The second-order valence-electron chi connectivity index (χ2n) is 9.03. The third kappa shape index (κ3) is 11.7. The van der Waals surface area contributed by atoms with E-state index in [0.717, 1.165) is 35.5 Å². The van der Waals surface area contributed by atoms with Crippen molar-refractivity contribution < 1.29 is 27.5 Å². The molecule has 1 aromatic heterocycles. The molecular weight excluding hydrogens is 571 g/mol. The number of amides is 2. The van der Waals surface area contributed by atoms with Crippen molar-refractivity contribution in [3.05, 3.63) is 93.9 Å². The van der Waals surface area contributed by atoms with Crippen LogP contribution in [0.4, 0.5) is 18.3 Å². The SMILES string of the molecule is N#Cc1cccc(CC(=O)Nc2nnc(CCCC/C(N)=C/C=C(\N)NC(=O)Cc3cccc(OC(F)(F)F)c3)s2)c1. The van der Waals surface area contributed by atoms with Gasteiger partial charge < -0.3 is 26.8 Å². The van der Waals surface area contributed by atoms with Crippen molar-refractivity contribution in [3.8, 4) is 11.8 Å². The Morgan fingerprint density at radius 3 is 2.45 bits per heavy atom. The minimum absolute atomic E-state index is 0.0341. The lowest BCUT2D eigenvalue weighted by atomic mass is 10.1. The molecule has 220 valence electrons. The molecule has 0 radical (unpaired) electrons. The van der Waals surface area contributed by atoms with Gasteiger partial charge in [-0.1, -0.05) is 35.6 Å². The van der Waals surface area contributed by atoms with E-state index in [4.69, 9.17) is 16.7 Å². The Morgan fingerprint density at radius 1 is 1.00 bits per heavy atom. The number of carbonyl (C=O) groups excluding carboxylic acids is 2. The minimum atomic E-state index is -4.82. The molecule has 2 aromatic carbocycles. The summed E-state index contributed by atoms with van der Waals surface area (Å²) in [4.78, 5) is 24.5. The van der Waals surface area contributed by atoms with Gasteiger partial charge in [-0.2, -0.15) is 5.26 Å². The number of rotatable bonds is 13. The van der Waals surface area contributed by atoms with E-state index in [0.29, 0.717) is 34.8 Å². The number of halogens is 3. The zero-order chi connectivity index (χ0) is 30.5. The summed E-state index contributed by atoms with van der Waals surface area (Å²) >= 11 is 1.29. The Hall–Kier alpha value is -4.90. The van der Waals surface area contributed by atoms with E-state index in [-0.39, 0.29) is 24.6 Å². The summed E-state index contributed by atoms with van der Waals surface area (Å²) in [5, 5.41) is 23.4. The molecule has 0 unspecified atom stereocenters. The number of hydrogen-bond donors (Lipinski definition) is 4. The van der Waals surface area contributed by atoms with Gasteiger partial charge in [0, 0.05) is 12.1 Å². The molecule has 0 aliphatic rings. The Morgan fingerprint density at radius 2 is 1.71 bits per heavy atom. The molecule has 0 fully saturated rings. The van der Waals surface area contributed by atoms with Crippen molar-refractivity contribution in [3.63, 3.8) is 0 Å². The van der Waals surface area contributed by atoms with Gasteiger partial charge in [-0.15, -0.1) is 23.4 Å². The average molecular weight is 600 g/mol. The van der Waals surface area contributed by atoms with Crippen LogP contribution in [0.5, 0.6) is 5.75 Å². The van der Waals surface area contributed by atoms with Crippen LogP contribution in [-0.2, 0) is 28.9 Å². The highest BCUT2D eigenvalue weighted by atomic mass is 32.1. The number of ether oxygens (including phenoxy) is 1. The normalized spacial score (nSPS) is 12.0. The molecule has 0 spiro atoms. The number of nitrogens with zero attached hydrogens (tertiary/aromatic N) is 3. The summed E-state index contributed by atoms with van der Waals surface area (Å²) in [7, 11) is 0. The predicted molar refractivity (Wildman–Crippen MR) is 150 cm³/mol. The number of hydrogen-bond acceptors (Lipinski definition) is 9. The Kier molecular flexibility index (Phi) is 11.4. The molecule has 0 aliphatic heterocycles. The van der Waals surface area contributed by atoms with E-state index in [2.05, 4.69) is 25.6 Å². The Bertz CT molecular complexity index is 1500. The predicted octanol–water partition coefficient (Wildman–Crippen LogP) is 4.20. The van der Waals surface area contributed by atoms with Gasteiger partial charge in [-0.25, -0.2) is 0 Å². The maximum absolute atomic E-state index is 12.4. The highest BCUT2D eigenvalue weighted by Crippen LogP contribution is 2.23. The molecule has 2 amide bonds. The standard InChI is InChI=1S/C28H28F3N7O3S/c29-28(30,31)41-22-9-4-6-19(14-22)16-24(39)35-23(34)12-11-21(33)8-1-2-10-26-37-38-27(42-26)36-25(40)15-18-5-3-7-20(13-18)17-32/h3-7,9,11-14H,1-2,8,10,15-16,33-34H2,(H,35,39)(H,36,38,40)/b21-11-,23-12+. The van der Waals surface area contributed by atoms with Crippen molar-refractivity contribution >= 4 is 28.3 Å². The maximum atomic E-state index is 12.4.